The van der Waals surface area contributed by atoms with Crippen LogP contribution in [0.2, 0.25) is 0 Å². The monoisotopic (exact) mass is 376 g/mol. The second-order valence-corrected chi connectivity index (χ2v) is 11.1. The molecule has 4 aliphatic carbocycles. The zero-order valence-electron chi connectivity index (χ0n) is 17.6. The van der Waals surface area contributed by atoms with Crippen molar-refractivity contribution in [3.63, 3.8) is 0 Å². The van der Waals surface area contributed by atoms with E-state index in [9.17, 15) is 15.0 Å². The number of rotatable bonds is 4. The largest absolute Gasteiger partial charge is 0.368 e. The molecular weight excluding hydrogens is 336 g/mol. The Morgan fingerprint density at radius 2 is 1.81 bits per heavy atom. The van der Waals surface area contributed by atoms with Crippen LogP contribution in [-0.4, -0.2) is 22.3 Å². The first kappa shape index (κ1) is 19.9. The lowest BCUT2D eigenvalue weighted by molar-refractivity contribution is -0.152. The molecule has 8 atom stereocenters. The zero-order valence-corrected chi connectivity index (χ0v) is 17.6. The fourth-order valence-electron chi connectivity index (χ4n) is 8.61. The van der Waals surface area contributed by atoms with Crippen molar-refractivity contribution >= 4 is 5.78 Å². The van der Waals surface area contributed by atoms with Crippen molar-refractivity contribution < 1.29 is 15.0 Å². The van der Waals surface area contributed by atoms with Crippen LogP contribution in [0.4, 0.5) is 0 Å². The molecule has 0 aromatic rings. The summed E-state index contributed by atoms with van der Waals surface area (Å²) in [5, 5.41) is 18.4. The average Bonchev–Trinajstić information content (AvgIpc) is 2.93. The Kier molecular flexibility index (Phi) is 5.25. The van der Waals surface area contributed by atoms with Crippen LogP contribution in [0.3, 0.4) is 0 Å². The van der Waals surface area contributed by atoms with Gasteiger partial charge in [0, 0.05) is 12.8 Å². The van der Waals surface area contributed by atoms with Crippen molar-refractivity contribution in [3.05, 3.63) is 0 Å². The number of aliphatic hydroxyl groups is 2. The lowest BCUT2D eigenvalue weighted by Gasteiger charge is -2.62. The van der Waals surface area contributed by atoms with Crippen molar-refractivity contribution in [3.8, 4) is 0 Å². The Bertz CT molecular complexity index is 572. The number of fused-ring (bicyclic) bond motifs is 5. The summed E-state index contributed by atoms with van der Waals surface area (Å²) in [7, 11) is 0. The van der Waals surface area contributed by atoms with Gasteiger partial charge in [-0.3, -0.25) is 4.79 Å². The molecular formula is C24H40O3. The number of hydrogen-bond donors (Lipinski definition) is 2. The van der Waals surface area contributed by atoms with Crippen LogP contribution in [0, 0.1) is 46.3 Å². The van der Waals surface area contributed by atoms with Gasteiger partial charge in [0.1, 0.15) is 5.78 Å². The first-order valence-electron chi connectivity index (χ1n) is 11.6. The molecule has 3 nitrogen and oxygen atoms in total. The summed E-state index contributed by atoms with van der Waals surface area (Å²) < 4.78 is 0. The summed E-state index contributed by atoms with van der Waals surface area (Å²) in [5.41, 5.74) is 0.829. The van der Waals surface area contributed by atoms with Gasteiger partial charge in [-0.1, -0.05) is 20.8 Å². The summed E-state index contributed by atoms with van der Waals surface area (Å²) in [6.45, 7) is 7.46. The Morgan fingerprint density at radius 1 is 1.04 bits per heavy atom. The van der Waals surface area contributed by atoms with Crippen LogP contribution < -0.4 is 0 Å². The summed E-state index contributed by atoms with van der Waals surface area (Å²) in [6.07, 6.45) is 11.1. The summed E-state index contributed by atoms with van der Waals surface area (Å²) >= 11 is 0. The molecule has 0 aromatic heterocycles. The van der Waals surface area contributed by atoms with Crippen molar-refractivity contribution in [2.75, 3.05) is 0 Å². The number of Topliss-reactive ketones (excluding diaryl/α,β-unsaturated/α-hetero) is 1. The van der Waals surface area contributed by atoms with Gasteiger partial charge < -0.3 is 10.2 Å². The highest BCUT2D eigenvalue weighted by atomic mass is 16.5. The van der Waals surface area contributed by atoms with Gasteiger partial charge in [0.25, 0.3) is 0 Å². The van der Waals surface area contributed by atoms with E-state index < -0.39 is 6.29 Å². The van der Waals surface area contributed by atoms with Gasteiger partial charge in [-0.25, -0.2) is 0 Å². The van der Waals surface area contributed by atoms with Gasteiger partial charge >= 0.3 is 0 Å². The van der Waals surface area contributed by atoms with E-state index in [-0.39, 0.29) is 0 Å². The zero-order chi connectivity index (χ0) is 19.4. The van der Waals surface area contributed by atoms with E-state index in [1.54, 1.807) is 0 Å². The minimum atomic E-state index is -1.14. The minimum Gasteiger partial charge on any atom is -0.368 e. The molecule has 0 amide bonds. The third-order valence-electron chi connectivity index (χ3n) is 10.2. The summed E-state index contributed by atoms with van der Waals surface area (Å²) in [5.74, 6) is 4.97. The molecule has 3 unspecified atom stereocenters. The fraction of sp³-hybridized carbons (Fsp3) is 0.958. The molecule has 4 aliphatic rings. The maximum Gasteiger partial charge on any atom is 0.151 e. The predicted molar refractivity (Wildman–Crippen MR) is 107 cm³/mol. The average molecular weight is 377 g/mol. The number of ketones is 1. The molecule has 0 saturated heterocycles. The van der Waals surface area contributed by atoms with Gasteiger partial charge in [-0.2, -0.15) is 0 Å². The highest BCUT2D eigenvalue weighted by Gasteiger charge is 2.61. The first-order valence-corrected chi connectivity index (χ1v) is 11.6. The van der Waals surface area contributed by atoms with Crippen LogP contribution in [-0.2, 0) is 4.79 Å². The Morgan fingerprint density at radius 3 is 2.56 bits per heavy atom. The van der Waals surface area contributed by atoms with E-state index in [1.807, 2.05) is 0 Å². The molecule has 27 heavy (non-hydrogen) atoms. The maximum atomic E-state index is 12.2. The lowest BCUT2D eigenvalue weighted by atomic mass is 9.42. The van der Waals surface area contributed by atoms with Crippen LogP contribution in [0.25, 0.3) is 0 Å². The van der Waals surface area contributed by atoms with Crippen molar-refractivity contribution in [2.45, 2.75) is 97.7 Å². The lowest BCUT2D eigenvalue weighted by Crippen LogP contribution is -2.56. The van der Waals surface area contributed by atoms with Crippen molar-refractivity contribution in [2.24, 2.45) is 46.3 Å². The van der Waals surface area contributed by atoms with Gasteiger partial charge in [0.05, 0.1) is 0 Å². The van der Waals surface area contributed by atoms with Crippen LogP contribution >= 0.6 is 0 Å². The minimum absolute atomic E-state index is 0.372. The summed E-state index contributed by atoms with van der Waals surface area (Å²) in [6, 6.07) is 0. The topological polar surface area (TPSA) is 57.5 Å². The van der Waals surface area contributed by atoms with Gasteiger partial charge in [-0.15, -0.1) is 0 Å². The number of carbonyl (C=O) groups excluding carboxylic acids is 1. The number of carbonyl (C=O) groups is 1. The molecule has 4 saturated carbocycles. The molecule has 0 aliphatic heterocycles. The number of hydrogen-bond acceptors (Lipinski definition) is 3. The summed E-state index contributed by atoms with van der Waals surface area (Å²) in [4.78, 5) is 12.2. The van der Waals surface area contributed by atoms with E-state index in [4.69, 9.17) is 0 Å². The second kappa shape index (κ2) is 7.13. The van der Waals surface area contributed by atoms with E-state index >= 15 is 0 Å². The van der Waals surface area contributed by atoms with Crippen LogP contribution in [0.15, 0.2) is 0 Å². The number of aliphatic hydroxyl groups excluding tert-OH is 1. The third kappa shape index (κ3) is 3.12. The Labute approximate surface area is 165 Å². The van der Waals surface area contributed by atoms with E-state index in [0.29, 0.717) is 34.9 Å². The molecule has 0 spiro atoms. The van der Waals surface area contributed by atoms with Crippen molar-refractivity contribution in [1.29, 1.82) is 0 Å². The molecule has 3 heteroatoms. The maximum absolute atomic E-state index is 12.2. The molecule has 2 N–H and O–H groups in total. The predicted octanol–water partition coefficient (Wildman–Crippen LogP) is 4.94. The van der Waals surface area contributed by atoms with E-state index in [2.05, 4.69) is 20.8 Å². The standard InChI is InChI=1S/C24H40O3/c1-15-13-18(25)14-17-7-9-19-20-10-8-16(5-4-6-22(26)27)23(20,2)12-11-21(19)24(15,17)3/h15-17,19-22,26-27H,4-14H2,1-3H3/t15?,16?,17?,19-,20-,21+,23+,24-/m0/s1. The second-order valence-electron chi connectivity index (χ2n) is 11.1. The SMILES string of the molecule is CC1CC(=O)CC2CC[C@@H]3[C@@H](CC[C@]4(C)C(CCCC(O)O)CC[C@@H]34)[C@@]12C. The quantitative estimate of drug-likeness (QED) is 0.683. The van der Waals surface area contributed by atoms with Gasteiger partial charge in [0.2, 0.25) is 0 Å². The molecule has 4 rings (SSSR count). The fourth-order valence-corrected chi connectivity index (χ4v) is 8.61. The molecule has 0 bridgehead atoms. The Hall–Kier alpha value is -0.410. The van der Waals surface area contributed by atoms with Gasteiger partial charge in [-0.05, 0) is 104 Å². The molecule has 154 valence electrons. The van der Waals surface area contributed by atoms with Crippen molar-refractivity contribution in [1.82, 2.24) is 0 Å². The normalized spacial score (nSPS) is 49.6. The first-order chi connectivity index (χ1) is 12.8. The van der Waals surface area contributed by atoms with Crippen LogP contribution in [0.1, 0.15) is 91.4 Å². The smallest absolute Gasteiger partial charge is 0.151 e. The van der Waals surface area contributed by atoms with Crippen LogP contribution in [0.5, 0.6) is 0 Å². The van der Waals surface area contributed by atoms with E-state index in [1.165, 1.54) is 38.5 Å². The highest BCUT2D eigenvalue weighted by Crippen LogP contribution is 2.68. The Balaban J connectivity index is 1.51. The molecule has 4 fully saturated rings. The molecule has 0 heterocycles. The van der Waals surface area contributed by atoms with Gasteiger partial charge in [0.15, 0.2) is 6.29 Å². The molecule has 0 aromatic carbocycles. The molecule has 0 radical (unpaired) electrons. The third-order valence-corrected chi connectivity index (χ3v) is 10.2. The highest BCUT2D eigenvalue weighted by molar-refractivity contribution is 5.80. The van der Waals surface area contributed by atoms with E-state index in [0.717, 1.165) is 49.4 Å².